The van der Waals surface area contributed by atoms with Gasteiger partial charge >= 0.3 is 29.6 Å². The Morgan fingerprint density at radius 1 is 1.30 bits per heavy atom. The van der Waals surface area contributed by atoms with Crippen LogP contribution in [-0.2, 0) is 6.42 Å². The zero-order valence-corrected chi connectivity index (χ0v) is 17.5. The number of anilines is 1. The molecule has 0 unspecified atom stereocenters. The average molecular weight is 382 g/mol. The molecular weight excluding hydrogens is 362 g/mol. The van der Waals surface area contributed by atoms with E-state index in [4.69, 9.17) is 0 Å². The van der Waals surface area contributed by atoms with Gasteiger partial charge in [-0.3, -0.25) is 4.79 Å². The molecule has 6 nitrogen and oxygen atoms in total. The maximum atomic E-state index is 15.0. The van der Waals surface area contributed by atoms with Crippen LogP contribution < -0.4 is 45.0 Å². The predicted octanol–water partition coefficient (Wildman–Crippen LogP) is -2.02. The van der Waals surface area contributed by atoms with Crippen molar-refractivity contribution in [2.24, 2.45) is 0 Å². The second kappa shape index (κ2) is 7.54. The number of hydrogen-bond donors (Lipinski definition) is 1. The molecule has 4 rings (SSSR count). The van der Waals surface area contributed by atoms with Gasteiger partial charge in [0.25, 0.3) is 0 Å². The Bertz CT molecular complexity index is 967. The summed E-state index contributed by atoms with van der Waals surface area (Å²) in [6, 6.07) is 1.16. The van der Waals surface area contributed by atoms with E-state index in [-0.39, 0.29) is 47.1 Å². The molecule has 1 fully saturated rings. The number of aromatic carboxylic acids is 1. The van der Waals surface area contributed by atoms with E-state index in [0.29, 0.717) is 43.6 Å². The second-order valence-corrected chi connectivity index (χ2v) is 7.25. The van der Waals surface area contributed by atoms with Gasteiger partial charge < -0.3 is 24.5 Å². The van der Waals surface area contributed by atoms with Crippen LogP contribution in [0.2, 0.25) is 0 Å². The fraction of sp³-hybridized carbons (Fsp3) is 0.474. The van der Waals surface area contributed by atoms with Crippen molar-refractivity contribution in [2.75, 3.05) is 18.0 Å². The van der Waals surface area contributed by atoms with E-state index < -0.39 is 22.8 Å². The topological polar surface area (TPSA) is 85.6 Å². The minimum absolute atomic E-state index is 0. The molecule has 1 aromatic carbocycles. The molecule has 1 saturated heterocycles. The zero-order valence-electron chi connectivity index (χ0n) is 15.5. The SMILES string of the molecule is C[C@H]1CCc2c(N3CCC(O)CC3)c(F)cc3c(=O)c(C(=O)[O-])cn1c23.[Na+]. The monoisotopic (exact) mass is 382 g/mol. The van der Waals surface area contributed by atoms with Gasteiger partial charge in [0.1, 0.15) is 5.82 Å². The molecule has 0 aliphatic carbocycles. The standard InChI is InChI=1S/C19H21FN2O4.Na/c1-10-2-3-12-16-13(18(24)14(19(25)26)9-22(10)16)8-15(20)17(12)21-6-4-11(23)5-7-21;/h8-11,23H,2-7H2,1H3,(H,25,26);/q;+1/p-1/t10-;/m0./s1. The number of aliphatic hydroxyl groups excluding tert-OH is 1. The number of carboxylic acids is 1. The van der Waals surface area contributed by atoms with Gasteiger partial charge in [-0.15, -0.1) is 0 Å². The van der Waals surface area contributed by atoms with Crippen molar-refractivity contribution < 1.29 is 49.0 Å². The number of aromatic nitrogens is 1. The van der Waals surface area contributed by atoms with Crippen molar-refractivity contribution in [2.45, 2.75) is 44.8 Å². The van der Waals surface area contributed by atoms with Gasteiger partial charge in [-0.25, -0.2) is 4.39 Å². The van der Waals surface area contributed by atoms with Crippen LogP contribution in [0.15, 0.2) is 17.1 Å². The molecule has 1 aromatic heterocycles. The number of nitrogens with zero attached hydrogens (tertiary/aromatic N) is 2. The molecule has 2 aliphatic heterocycles. The number of carboxylic acid groups (broad SMARTS) is 1. The number of pyridine rings is 1. The molecule has 3 heterocycles. The molecule has 0 spiro atoms. The molecule has 0 amide bonds. The maximum absolute atomic E-state index is 15.0. The van der Waals surface area contributed by atoms with Crippen molar-refractivity contribution >= 4 is 22.6 Å². The molecule has 1 atom stereocenters. The minimum Gasteiger partial charge on any atom is -0.545 e. The third-order valence-electron chi connectivity index (χ3n) is 5.63. The summed E-state index contributed by atoms with van der Waals surface area (Å²) in [7, 11) is 0. The van der Waals surface area contributed by atoms with Gasteiger partial charge in [0, 0.05) is 36.3 Å². The summed E-state index contributed by atoms with van der Waals surface area (Å²) < 4.78 is 16.8. The Morgan fingerprint density at radius 3 is 2.59 bits per heavy atom. The van der Waals surface area contributed by atoms with E-state index in [1.165, 1.54) is 6.20 Å². The normalized spacial score (nSPS) is 19.8. The number of aryl methyl sites for hydroxylation is 1. The molecule has 1 N–H and O–H groups in total. The van der Waals surface area contributed by atoms with E-state index >= 15 is 0 Å². The number of rotatable bonds is 2. The van der Waals surface area contributed by atoms with Gasteiger partial charge in [-0.05, 0) is 38.7 Å². The van der Waals surface area contributed by atoms with Crippen LogP contribution in [0, 0.1) is 5.82 Å². The third-order valence-corrected chi connectivity index (χ3v) is 5.63. The van der Waals surface area contributed by atoms with Crippen molar-refractivity contribution in [3.63, 3.8) is 0 Å². The predicted molar refractivity (Wildman–Crippen MR) is 93.0 cm³/mol. The van der Waals surface area contributed by atoms with E-state index in [2.05, 4.69) is 0 Å². The summed E-state index contributed by atoms with van der Waals surface area (Å²) in [6.45, 7) is 3.05. The van der Waals surface area contributed by atoms with E-state index in [0.717, 1.165) is 18.1 Å². The Morgan fingerprint density at radius 2 is 1.96 bits per heavy atom. The van der Waals surface area contributed by atoms with Crippen molar-refractivity contribution in [3.8, 4) is 0 Å². The number of hydrogen-bond acceptors (Lipinski definition) is 5. The molecule has 0 saturated carbocycles. The van der Waals surface area contributed by atoms with E-state index in [9.17, 15) is 24.2 Å². The smallest absolute Gasteiger partial charge is 0.545 e. The van der Waals surface area contributed by atoms with Crippen LogP contribution in [0.25, 0.3) is 10.9 Å². The number of carbonyl (C=O) groups excluding carboxylic acids is 1. The molecular formula is C19H20FN2NaO4. The molecule has 0 bridgehead atoms. The van der Waals surface area contributed by atoms with Crippen LogP contribution in [0.1, 0.15) is 48.1 Å². The number of carbonyl (C=O) groups is 1. The fourth-order valence-electron chi connectivity index (χ4n) is 4.21. The van der Waals surface area contributed by atoms with Crippen molar-refractivity contribution in [1.82, 2.24) is 4.57 Å². The molecule has 0 radical (unpaired) electrons. The summed E-state index contributed by atoms with van der Waals surface area (Å²) in [4.78, 5) is 25.8. The molecule has 138 valence electrons. The Hall–Kier alpha value is -1.41. The van der Waals surface area contributed by atoms with Gasteiger partial charge in [0.2, 0.25) is 0 Å². The van der Waals surface area contributed by atoms with Gasteiger partial charge in [-0.2, -0.15) is 0 Å². The fourth-order valence-corrected chi connectivity index (χ4v) is 4.21. The average Bonchev–Trinajstić information content (AvgIpc) is 2.60. The number of benzene rings is 1. The maximum Gasteiger partial charge on any atom is 1.00 e. The Labute approximate surface area is 177 Å². The molecule has 2 aliphatic rings. The molecule has 8 heteroatoms. The molecule has 27 heavy (non-hydrogen) atoms. The third kappa shape index (κ3) is 3.31. The van der Waals surface area contributed by atoms with Crippen LogP contribution in [-0.4, -0.2) is 34.8 Å². The first kappa shape index (κ1) is 20.3. The summed E-state index contributed by atoms with van der Waals surface area (Å²) in [5.41, 5.74) is 0.694. The van der Waals surface area contributed by atoms with E-state index in [1.54, 1.807) is 4.57 Å². The summed E-state index contributed by atoms with van der Waals surface area (Å²) >= 11 is 0. The Kier molecular flexibility index (Phi) is 5.68. The van der Waals surface area contributed by atoms with E-state index in [1.807, 2.05) is 11.8 Å². The van der Waals surface area contributed by atoms with Crippen LogP contribution >= 0.6 is 0 Å². The van der Waals surface area contributed by atoms with Gasteiger partial charge in [0.15, 0.2) is 5.43 Å². The Balaban J connectivity index is 0.00000210. The molecule has 2 aromatic rings. The zero-order chi connectivity index (χ0) is 18.6. The number of halogens is 1. The number of aliphatic hydroxyl groups is 1. The van der Waals surface area contributed by atoms with Crippen molar-refractivity contribution in [3.05, 3.63) is 39.4 Å². The number of piperidine rings is 1. The van der Waals surface area contributed by atoms with Gasteiger partial charge in [-0.1, -0.05) is 0 Å². The summed E-state index contributed by atoms with van der Waals surface area (Å²) in [5, 5.41) is 21.1. The first-order chi connectivity index (χ1) is 12.4. The first-order valence-corrected chi connectivity index (χ1v) is 8.93. The summed E-state index contributed by atoms with van der Waals surface area (Å²) in [6.07, 6.45) is 3.45. The van der Waals surface area contributed by atoms with Crippen molar-refractivity contribution in [1.29, 1.82) is 0 Å². The van der Waals surface area contributed by atoms with Gasteiger partial charge in [0.05, 0.1) is 28.8 Å². The van der Waals surface area contributed by atoms with Crippen LogP contribution in [0.4, 0.5) is 10.1 Å². The van der Waals surface area contributed by atoms with Crippen LogP contribution in [0.5, 0.6) is 0 Å². The second-order valence-electron chi connectivity index (χ2n) is 7.25. The largest absolute Gasteiger partial charge is 1.00 e. The van der Waals surface area contributed by atoms with Crippen LogP contribution in [0.3, 0.4) is 0 Å². The minimum atomic E-state index is -1.55. The summed E-state index contributed by atoms with van der Waals surface area (Å²) in [5.74, 6) is -2.06. The quantitative estimate of drug-likeness (QED) is 0.606. The first-order valence-electron chi connectivity index (χ1n) is 8.93.